The summed E-state index contributed by atoms with van der Waals surface area (Å²) >= 11 is 0. The normalized spacial score (nSPS) is 18.8. The Hall–Kier alpha value is -2.00. The van der Waals surface area contributed by atoms with Gasteiger partial charge in [0, 0.05) is 17.8 Å². The first-order valence-electron chi connectivity index (χ1n) is 7.07. The summed E-state index contributed by atoms with van der Waals surface area (Å²) in [5, 5.41) is 13.2. The van der Waals surface area contributed by atoms with Crippen LogP contribution in [0.3, 0.4) is 0 Å². The predicted molar refractivity (Wildman–Crippen MR) is 81.6 cm³/mol. The average molecular weight is 268 g/mol. The SMILES string of the molecule is CC(NC1CCc2cc(N)ccc21)c1cccc(O)c1. The zero-order valence-electron chi connectivity index (χ0n) is 11.6. The number of fused-ring (bicyclic) bond motifs is 1. The van der Waals surface area contributed by atoms with Gasteiger partial charge in [0.1, 0.15) is 5.75 Å². The molecule has 0 bridgehead atoms. The molecule has 3 heteroatoms. The number of benzene rings is 2. The number of hydrogen-bond acceptors (Lipinski definition) is 3. The fourth-order valence-corrected chi connectivity index (χ4v) is 3.00. The molecule has 0 saturated carbocycles. The van der Waals surface area contributed by atoms with E-state index in [1.54, 1.807) is 6.07 Å². The maximum Gasteiger partial charge on any atom is 0.115 e. The van der Waals surface area contributed by atoms with Gasteiger partial charge in [-0.25, -0.2) is 0 Å². The molecule has 0 fully saturated rings. The molecule has 0 aromatic heterocycles. The number of phenolic OH excluding ortho intramolecular Hbond substituents is 1. The summed E-state index contributed by atoms with van der Waals surface area (Å²) in [5.41, 5.74) is 10.5. The number of nitrogens with two attached hydrogens (primary N) is 1. The highest BCUT2D eigenvalue weighted by molar-refractivity contribution is 5.47. The number of nitrogens with one attached hydrogen (secondary N) is 1. The van der Waals surface area contributed by atoms with Crippen molar-refractivity contribution >= 4 is 5.69 Å². The van der Waals surface area contributed by atoms with Crippen LogP contribution in [0.15, 0.2) is 42.5 Å². The number of aromatic hydroxyl groups is 1. The van der Waals surface area contributed by atoms with Crippen molar-refractivity contribution < 1.29 is 5.11 Å². The number of phenols is 1. The molecule has 4 N–H and O–H groups in total. The molecule has 0 spiro atoms. The summed E-state index contributed by atoms with van der Waals surface area (Å²) in [6, 6.07) is 14.2. The first kappa shape index (κ1) is 13.0. The van der Waals surface area contributed by atoms with Gasteiger partial charge in [-0.1, -0.05) is 18.2 Å². The first-order chi connectivity index (χ1) is 9.63. The number of anilines is 1. The second-order valence-electron chi connectivity index (χ2n) is 5.53. The lowest BCUT2D eigenvalue weighted by Gasteiger charge is -2.21. The molecule has 2 atom stereocenters. The molecule has 0 amide bonds. The number of aryl methyl sites for hydroxylation is 1. The summed E-state index contributed by atoms with van der Waals surface area (Å²) in [7, 11) is 0. The van der Waals surface area contributed by atoms with Gasteiger partial charge < -0.3 is 16.2 Å². The molecule has 2 aromatic rings. The second-order valence-corrected chi connectivity index (χ2v) is 5.53. The Kier molecular flexibility index (Phi) is 3.36. The monoisotopic (exact) mass is 268 g/mol. The molecular formula is C17H20N2O. The Morgan fingerprint density at radius 2 is 2.10 bits per heavy atom. The summed E-state index contributed by atoms with van der Waals surface area (Å²) < 4.78 is 0. The van der Waals surface area contributed by atoms with Crippen LogP contribution in [0, 0.1) is 0 Å². The van der Waals surface area contributed by atoms with Gasteiger partial charge >= 0.3 is 0 Å². The summed E-state index contributed by atoms with van der Waals surface area (Å²) in [6.07, 6.45) is 2.17. The Labute approximate surface area is 119 Å². The highest BCUT2D eigenvalue weighted by atomic mass is 16.3. The molecular weight excluding hydrogens is 248 g/mol. The van der Waals surface area contributed by atoms with Crippen molar-refractivity contribution in [1.29, 1.82) is 0 Å². The van der Waals surface area contributed by atoms with Crippen molar-refractivity contribution in [1.82, 2.24) is 5.32 Å². The van der Waals surface area contributed by atoms with Crippen LogP contribution < -0.4 is 11.1 Å². The largest absolute Gasteiger partial charge is 0.508 e. The van der Waals surface area contributed by atoms with Crippen LogP contribution in [0.5, 0.6) is 5.75 Å². The van der Waals surface area contributed by atoms with Crippen LogP contribution >= 0.6 is 0 Å². The minimum absolute atomic E-state index is 0.204. The van der Waals surface area contributed by atoms with E-state index in [1.165, 1.54) is 11.1 Å². The van der Waals surface area contributed by atoms with Crippen LogP contribution in [0.25, 0.3) is 0 Å². The molecule has 2 aromatic carbocycles. The third-order valence-electron chi connectivity index (χ3n) is 4.07. The van der Waals surface area contributed by atoms with Crippen LogP contribution in [0.4, 0.5) is 5.69 Å². The molecule has 3 nitrogen and oxygen atoms in total. The van der Waals surface area contributed by atoms with Crippen molar-refractivity contribution in [3.63, 3.8) is 0 Å². The molecule has 0 heterocycles. The van der Waals surface area contributed by atoms with Crippen molar-refractivity contribution in [3.8, 4) is 5.75 Å². The van der Waals surface area contributed by atoms with Gasteiger partial charge in [-0.05, 0) is 60.7 Å². The molecule has 0 radical (unpaired) electrons. The van der Waals surface area contributed by atoms with Gasteiger partial charge in [0.05, 0.1) is 0 Å². The minimum Gasteiger partial charge on any atom is -0.508 e. The molecule has 1 aliphatic rings. The number of hydrogen-bond donors (Lipinski definition) is 3. The lowest BCUT2D eigenvalue weighted by molar-refractivity contribution is 0.455. The fourth-order valence-electron chi connectivity index (χ4n) is 3.00. The lowest BCUT2D eigenvalue weighted by Crippen LogP contribution is -2.22. The van der Waals surface area contributed by atoms with Crippen molar-refractivity contribution in [2.45, 2.75) is 31.8 Å². The van der Waals surface area contributed by atoms with Crippen LogP contribution in [-0.2, 0) is 6.42 Å². The van der Waals surface area contributed by atoms with E-state index in [1.807, 2.05) is 24.3 Å². The summed E-state index contributed by atoms with van der Waals surface area (Å²) in [6.45, 7) is 2.13. The molecule has 2 unspecified atom stereocenters. The molecule has 20 heavy (non-hydrogen) atoms. The lowest BCUT2D eigenvalue weighted by atomic mass is 10.0. The zero-order chi connectivity index (χ0) is 14.1. The van der Waals surface area contributed by atoms with Gasteiger partial charge in [-0.2, -0.15) is 0 Å². The maximum absolute atomic E-state index is 9.57. The molecule has 104 valence electrons. The highest BCUT2D eigenvalue weighted by Gasteiger charge is 2.23. The van der Waals surface area contributed by atoms with Gasteiger partial charge in [-0.15, -0.1) is 0 Å². The average Bonchev–Trinajstić information content (AvgIpc) is 2.81. The maximum atomic E-state index is 9.57. The van der Waals surface area contributed by atoms with E-state index in [0.29, 0.717) is 11.8 Å². The standard InChI is InChI=1S/C17H20N2O/c1-11(12-3-2-4-15(20)10-12)19-17-8-5-13-9-14(18)6-7-16(13)17/h2-4,6-7,9-11,17,19-20H,5,8,18H2,1H3. The van der Waals surface area contributed by atoms with E-state index in [0.717, 1.165) is 24.1 Å². The molecule has 0 aliphatic heterocycles. The van der Waals surface area contributed by atoms with Gasteiger partial charge in [0.25, 0.3) is 0 Å². The number of nitrogen functional groups attached to an aromatic ring is 1. The molecule has 0 saturated heterocycles. The van der Waals surface area contributed by atoms with E-state index >= 15 is 0 Å². The molecule has 1 aliphatic carbocycles. The Morgan fingerprint density at radius 3 is 2.90 bits per heavy atom. The Morgan fingerprint density at radius 1 is 1.25 bits per heavy atom. The first-order valence-corrected chi connectivity index (χ1v) is 7.07. The summed E-state index contributed by atoms with van der Waals surface area (Å²) in [4.78, 5) is 0. The van der Waals surface area contributed by atoms with E-state index in [4.69, 9.17) is 5.73 Å². The second kappa shape index (κ2) is 5.17. The Balaban J connectivity index is 1.77. The van der Waals surface area contributed by atoms with E-state index < -0.39 is 0 Å². The predicted octanol–water partition coefficient (Wildman–Crippen LogP) is 3.31. The van der Waals surface area contributed by atoms with Crippen molar-refractivity contribution in [3.05, 3.63) is 59.2 Å². The van der Waals surface area contributed by atoms with Gasteiger partial charge in [-0.3, -0.25) is 0 Å². The van der Waals surface area contributed by atoms with E-state index in [-0.39, 0.29) is 6.04 Å². The van der Waals surface area contributed by atoms with Crippen molar-refractivity contribution in [2.75, 3.05) is 5.73 Å². The highest BCUT2D eigenvalue weighted by Crippen LogP contribution is 2.34. The number of rotatable bonds is 3. The van der Waals surface area contributed by atoms with Crippen LogP contribution in [-0.4, -0.2) is 5.11 Å². The topological polar surface area (TPSA) is 58.3 Å². The zero-order valence-corrected chi connectivity index (χ0v) is 11.6. The van der Waals surface area contributed by atoms with Gasteiger partial charge in [0.2, 0.25) is 0 Å². The minimum atomic E-state index is 0.204. The third kappa shape index (κ3) is 2.49. The molecule has 3 rings (SSSR count). The Bertz CT molecular complexity index is 624. The van der Waals surface area contributed by atoms with Crippen molar-refractivity contribution in [2.24, 2.45) is 0 Å². The van der Waals surface area contributed by atoms with Crippen LogP contribution in [0.2, 0.25) is 0 Å². The van der Waals surface area contributed by atoms with Crippen LogP contribution in [0.1, 0.15) is 42.1 Å². The quantitative estimate of drug-likeness (QED) is 0.748. The third-order valence-corrected chi connectivity index (χ3v) is 4.07. The van der Waals surface area contributed by atoms with E-state index in [2.05, 4.69) is 24.4 Å². The van der Waals surface area contributed by atoms with E-state index in [9.17, 15) is 5.11 Å². The summed E-state index contributed by atoms with van der Waals surface area (Å²) in [5.74, 6) is 0.316. The van der Waals surface area contributed by atoms with Gasteiger partial charge in [0.15, 0.2) is 0 Å². The fraction of sp³-hybridized carbons (Fsp3) is 0.294. The smallest absolute Gasteiger partial charge is 0.115 e.